The van der Waals surface area contributed by atoms with Crippen LogP contribution < -0.4 is 9.46 Å². The number of methoxy groups -OCH3 is 1. The molecule has 0 aliphatic heterocycles. The zero-order chi connectivity index (χ0) is 15.6. The largest absolute Gasteiger partial charge is 0.497 e. The molecule has 0 amide bonds. The molecule has 1 heterocycles. The molecule has 9 heteroatoms. The van der Waals surface area contributed by atoms with E-state index in [9.17, 15) is 17.9 Å². The number of ether oxygens (including phenoxy) is 1. The fraction of sp³-hybridized carbons (Fsp3) is 0.250. The van der Waals surface area contributed by atoms with E-state index in [0.717, 1.165) is 6.07 Å². The standard InChI is InChI=1S/C12H14FN3O4S/c1-7-9(6-17)12(15-14-7)21(18,19)16-11-5-8(20-2)3-4-10(11)13/h3-5,16-17H,6H2,1-2H3,(H,14,15). The van der Waals surface area contributed by atoms with Crippen LogP contribution in [0.25, 0.3) is 0 Å². The first-order chi connectivity index (χ1) is 9.89. The summed E-state index contributed by atoms with van der Waals surface area (Å²) in [6.45, 7) is 1.07. The Hall–Kier alpha value is -2.13. The van der Waals surface area contributed by atoms with Gasteiger partial charge in [0.2, 0.25) is 5.03 Å². The lowest BCUT2D eigenvalue weighted by Crippen LogP contribution is -2.16. The Kier molecular flexibility index (Phi) is 4.14. The van der Waals surface area contributed by atoms with Gasteiger partial charge in [0.25, 0.3) is 10.0 Å². The summed E-state index contributed by atoms with van der Waals surface area (Å²) in [6.07, 6.45) is 0. The Morgan fingerprint density at radius 3 is 2.81 bits per heavy atom. The van der Waals surface area contributed by atoms with Crippen LogP contribution in [-0.2, 0) is 16.6 Å². The van der Waals surface area contributed by atoms with E-state index in [4.69, 9.17) is 4.74 Å². The lowest BCUT2D eigenvalue weighted by molar-refractivity contribution is 0.277. The van der Waals surface area contributed by atoms with Crippen LogP contribution in [0.5, 0.6) is 5.75 Å². The van der Waals surface area contributed by atoms with Crippen molar-refractivity contribution in [2.75, 3.05) is 11.8 Å². The molecule has 0 atom stereocenters. The smallest absolute Gasteiger partial charge is 0.281 e. The Bertz CT molecular complexity index is 758. The second kappa shape index (κ2) is 5.70. The van der Waals surface area contributed by atoms with Crippen molar-refractivity contribution in [1.29, 1.82) is 0 Å². The number of sulfonamides is 1. The predicted molar refractivity (Wildman–Crippen MR) is 73.0 cm³/mol. The fourth-order valence-electron chi connectivity index (χ4n) is 1.74. The summed E-state index contributed by atoms with van der Waals surface area (Å²) in [7, 11) is -2.75. The lowest BCUT2D eigenvalue weighted by Gasteiger charge is -2.09. The number of nitrogens with zero attached hydrogens (tertiary/aromatic N) is 1. The number of halogens is 1. The van der Waals surface area contributed by atoms with Crippen LogP contribution >= 0.6 is 0 Å². The van der Waals surface area contributed by atoms with Crippen molar-refractivity contribution >= 4 is 15.7 Å². The van der Waals surface area contributed by atoms with Gasteiger partial charge >= 0.3 is 0 Å². The molecule has 2 aromatic rings. The highest BCUT2D eigenvalue weighted by atomic mass is 32.2. The SMILES string of the molecule is COc1ccc(F)c(NS(=O)(=O)c2n[nH]c(C)c2CO)c1. The number of nitrogens with one attached hydrogen (secondary N) is 2. The van der Waals surface area contributed by atoms with Gasteiger partial charge in [0.1, 0.15) is 11.6 Å². The molecular formula is C12H14FN3O4S. The number of anilines is 1. The van der Waals surface area contributed by atoms with Crippen LogP contribution in [0.15, 0.2) is 23.2 Å². The molecule has 0 unspecified atom stereocenters. The van der Waals surface area contributed by atoms with Crippen LogP contribution in [0, 0.1) is 12.7 Å². The molecule has 0 radical (unpaired) electrons. The normalized spacial score (nSPS) is 11.4. The number of aromatic nitrogens is 2. The summed E-state index contributed by atoms with van der Waals surface area (Å²) in [5.41, 5.74) is 0.286. The van der Waals surface area contributed by atoms with Crippen molar-refractivity contribution in [1.82, 2.24) is 10.2 Å². The van der Waals surface area contributed by atoms with Gasteiger partial charge in [-0.25, -0.2) is 4.39 Å². The van der Waals surface area contributed by atoms with Crippen molar-refractivity contribution < 1.29 is 22.7 Å². The minimum Gasteiger partial charge on any atom is -0.497 e. The molecule has 0 aliphatic rings. The average molecular weight is 315 g/mol. The van der Waals surface area contributed by atoms with Crippen molar-refractivity contribution in [3.05, 3.63) is 35.3 Å². The van der Waals surface area contributed by atoms with Crippen molar-refractivity contribution in [3.8, 4) is 5.75 Å². The van der Waals surface area contributed by atoms with Crippen molar-refractivity contribution in [3.63, 3.8) is 0 Å². The Labute approximate surface area is 120 Å². The maximum Gasteiger partial charge on any atom is 0.281 e. The number of aryl methyl sites for hydroxylation is 1. The van der Waals surface area contributed by atoms with E-state index in [1.165, 1.54) is 19.2 Å². The van der Waals surface area contributed by atoms with Gasteiger partial charge in [0.05, 0.1) is 19.4 Å². The molecule has 0 saturated heterocycles. The van der Waals surface area contributed by atoms with Gasteiger partial charge in [-0.3, -0.25) is 9.82 Å². The van der Waals surface area contributed by atoms with Gasteiger partial charge in [0.15, 0.2) is 0 Å². The Balaban J connectivity index is 2.42. The van der Waals surface area contributed by atoms with E-state index >= 15 is 0 Å². The number of aromatic amines is 1. The summed E-state index contributed by atoms with van der Waals surface area (Å²) in [6, 6.07) is 3.66. The number of H-pyrrole nitrogens is 1. The zero-order valence-corrected chi connectivity index (χ0v) is 12.2. The average Bonchev–Trinajstić information content (AvgIpc) is 2.83. The highest BCUT2D eigenvalue weighted by Gasteiger charge is 2.24. The number of hydrogen-bond donors (Lipinski definition) is 3. The molecule has 0 aliphatic carbocycles. The number of benzene rings is 1. The summed E-state index contributed by atoms with van der Waals surface area (Å²) >= 11 is 0. The second-order valence-electron chi connectivity index (χ2n) is 4.24. The lowest BCUT2D eigenvalue weighted by atomic mass is 10.3. The van der Waals surface area contributed by atoms with Gasteiger partial charge in [-0.1, -0.05) is 0 Å². The third-order valence-electron chi connectivity index (χ3n) is 2.87. The van der Waals surface area contributed by atoms with Crippen LogP contribution in [0.3, 0.4) is 0 Å². The summed E-state index contributed by atoms with van der Waals surface area (Å²) in [5, 5.41) is 14.9. The molecule has 0 fully saturated rings. The van der Waals surface area contributed by atoms with Gasteiger partial charge in [-0.05, 0) is 19.1 Å². The molecule has 1 aromatic carbocycles. The third kappa shape index (κ3) is 2.98. The first-order valence-electron chi connectivity index (χ1n) is 5.90. The number of aliphatic hydroxyl groups excluding tert-OH is 1. The van der Waals surface area contributed by atoms with Crippen LogP contribution in [0.4, 0.5) is 10.1 Å². The molecule has 0 saturated carbocycles. The Morgan fingerprint density at radius 1 is 1.48 bits per heavy atom. The molecular weight excluding hydrogens is 301 g/mol. The van der Waals surface area contributed by atoms with E-state index in [1.54, 1.807) is 6.92 Å². The minimum absolute atomic E-state index is 0.130. The van der Waals surface area contributed by atoms with E-state index in [-0.39, 0.29) is 16.3 Å². The van der Waals surface area contributed by atoms with Crippen LogP contribution in [0.2, 0.25) is 0 Å². The summed E-state index contributed by atoms with van der Waals surface area (Å²) in [4.78, 5) is 0. The molecule has 1 aromatic heterocycles. The van der Waals surface area contributed by atoms with E-state index < -0.39 is 22.4 Å². The van der Waals surface area contributed by atoms with E-state index in [0.29, 0.717) is 11.4 Å². The minimum atomic E-state index is -4.13. The highest BCUT2D eigenvalue weighted by Crippen LogP contribution is 2.25. The first kappa shape index (κ1) is 15.3. The maximum absolute atomic E-state index is 13.7. The van der Waals surface area contributed by atoms with E-state index in [1.807, 2.05) is 0 Å². The maximum atomic E-state index is 13.7. The molecule has 21 heavy (non-hydrogen) atoms. The Morgan fingerprint density at radius 2 is 2.19 bits per heavy atom. The third-order valence-corrected chi connectivity index (χ3v) is 4.20. The zero-order valence-electron chi connectivity index (χ0n) is 11.3. The van der Waals surface area contributed by atoms with Gasteiger partial charge in [0, 0.05) is 17.3 Å². The molecule has 114 valence electrons. The van der Waals surface area contributed by atoms with Crippen molar-refractivity contribution in [2.24, 2.45) is 0 Å². The summed E-state index contributed by atoms with van der Waals surface area (Å²) in [5.74, 6) is -0.452. The van der Waals surface area contributed by atoms with Crippen LogP contribution in [0.1, 0.15) is 11.3 Å². The van der Waals surface area contributed by atoms with Crippen molar-refractivity contribution in [2.45, 2.75) is 18.6 Å². The monoisotopic (exact) mass is 315 g/mol. The molecule has 7 nitrogen and oxygen atoms in total. The van der Waals surface area contributed by atoms with E-state index in [2.05, 4.69) is 14.9 Å². The summed E-state index contributed by atoms with van der Waals surface area (Å²) < 4.78 is 45.2. The van der Waals surface area contributed by atoms with Gasteiger partial charge in [-0.2, -0.15) is 13.5 Å². The number of aliphatic hydroxyl groups is 1. The topological polar surface area (TPSA) is 104 Å². The quantitative estimate of drug-likeness (QED) is 0.768. The first-order valence-corrected chi connectivity index (χ1v) is 7.38. The van der Waals surface area contributed by atoms with Gasteiger partial charge < -0.3 is 9.84 Å². The molecule has 2 rings (SSSR count). The number of rotatable bonds is 5. The predicted octanol–water partition coefficient (Wildman–Crippen LogP) is 1.16. The van der Waals surface area contributed by atoms with Crippen LogP contribution in [-0.4, -0.2) is 30.8 Å². The molecule has 0 bridgehead atoms. The fourth-order valence-corrected chi connectivity index (χ4v) is 2.99. The highest BCUT2D eigenvalue weighted by molar-refractivity contribution is 7.92. The molecule has 0 spiro atoms. The molecule has 3 N–H and O–H groups in total. The van der Waals surface area contributed by atoms with Gasteiger partial charge in [-0.15, -0.1) is 0 Å². The number of hydrogen-bond acceptors (Lipinski definition) is 5. The second-order valence-corrected chi connectivity index (χ2v) is 5.84.